The summed E-state index contributed by atoms with van der Waals surface area (Å²) in [5, 5.41) is 3.22. The van der Waals surface area contributed by atoms with Crippen molar-refractivity contribution >= 4 is 6.03 Å². The van der Waals surface area contributed by atoms with Crippen molar-refractivity contribution < 1.29 is 4.79 Å². The third-order valence-corrected chi connectivity index (χ3v) is 4.62. The highest BCUT2D eigenvalue weighted by Gasteiger charge is 2.27. The Kier molecular flexibility index (Phi) is 6.46. The number of nitrogens with zero attached hydrogens (tertiary/aromatic N) is 2. The summed E-state index contributed by atoms with van der Waals surface area (Å²) in [5.41, 5.74) is 2.56. The molecule has 2 rings (SSSR count). The second kappa shape index (κ2) is 8.34. The highest BCUT2D eigenvalue weighted by molar-refractivity contribution is 5.74. The summed E-state index contributed by atoms with van der Waals surface area (Å²) in [6, 6.07) is 8.90. The molecule has 1 aromatic carbocycles. The first-order chi connectivity index (χ1) is 11.0. The predicted octanol–water partition coefficient (Wildman–Crippen LogP) is 2.91. The number of amides is 2. The summed E-state index contributed by atoms with van der Waals surface area (Å²) in [5.74, 6) is 0.605. The van der Waals surface area contributed by atoms with E-state index < -0.39 is 0 Å². The maximum Gasteiger partial charge on any atom is 0.317 e. The Hall–Kier alpha value is -1.55. The summed E-state index contributed by atoms with van der Waals surface area (Å²) in [4.78, 5) is 16.7. The number of likely N-dealkylation sites (tertiary alicyclic amines) is 1. The zero-order valence-electron chi connectivity index (χ0n) is 15.0. The number of rotatable bonds is 6. The lowest BCUT2D eigenvalue weighted by atomic mass is 10.0. The number of hydrogen-bond donors (Lipinski definition) is 1. The van der Waals surface area contributed by atoms with Crippen molar-refractivity contribution in [2.24, 2.45) is 5.92 Å². The molecule has 128 valence electrons. The van der Waals surface area contributed by atoms with E-state index in [1.54, 1.807) is 0 Å². The van der Waals surface area contributed by atoms with Crippen LogP contribution in [-0.4, -0.2) is 55.6 Å². The summed E-state index contributed by atoms with van der Waals surface area (Å²) in [7, 11) is 4.19. The van der Waals surface area contributed by atoms with Gasteiger partial charge in [0, 0.05) is 25.7 Å². The molecule has 23 heavy (non-hydrogen) atoms. The lowest BCUT2D eigenvalue weighted by Crippen LogP contribution is -2.44. The van der Waals surface area contributed by atoms with Crippen LogP contribution in [0.4, 0.5) is 4.79 Å². The number of carbonyl (C=O) groups excluding carboxylic acids is 1. The van der Waals surface area contributed by atoms with Gasteiger partial charge in [-0.1, -0.05) is 36.8 Å². The van der Waals surface area contributed by atoms with E-state index in [-0.39, 0.29) is 12.1 Å². The molecule has 0 bridgehead atoms. The molecule has 1 N–H and O–H groups in total. The Labute approximate surface area is 140 Å². The fourth-order valence-corrected chi connectivity index (χ4v) is 3.25. The van der Waals surface area contributed by atoms with Crippen LogP contribution in [0, 0.1) is 12.8 Å². The molecule has 0 aliphatic carbocycles. The molecule has 1 aromatic rings. The van der Waals surface area contributed by atoms with Crippen LogP contribution >= 0.6 is 0 Å². The lowest BCUT2D eigenvalue weighted by Gasteiger charge is -2.23. The van der Waals surface area contributed by atoms with Gasteiger partial charge in [-0.25, -0.2) is 4.79 Å². The molecular formula is C19H31N3O. The molecule has 2 atom stereocenters. The van der Waals surface area contributed by atoms with Gasteiger partial charge in [-0.2, -0.15) is 0 Å². The molecule has 0 aromatic heterocycles. The van der Waals surface area contributed by atoms with Gasteiger partial charge >= 0.3 is 6.03 Å². The maximum atomic E-state index is 12.5. The third-order valence-electron chi connectivity index (χ3n) is 4.62. The van der Waals surface area contributed by atoms with Gasteiger partial charge in [0.2, 0.25) is 0 Å². The van der Waals surface area contributed by atoms with Crippen LogP contribution < -0.4 is 5.32 Å². The molecule has 1 fully saturated rings. The molecular weight excluding hydrogens is 286 g/mol. The van der Waals surface area contributed by atoms with Crippen molar-refractivity contribution in [3.8, 4) is 0 Å². The average molecular weight is 317 g/mol. The number of carbonyl (C=O) groups is 1. The Balaban J connectivity index is 1.84. The van der Waals surface area contributed by atoms with Gasteiger partial charge < -0.3 is 15.1 Å². The van der Waals surface area contributed by atoms with Gasteiger partial charge in [0.1, 0.15) is 0 Å². The van der Waals surface area contributed by atoms with Gasteiger partial charge in [0.25, 0.3) is 0 Å². The van der Waals surface area contributed by atoms with Gasteiger partial charge in [-0.05, 0) is 51.8 Å². The smallest absolute Gasteiger partial charge is 0.317 e. The number of benzene rings is 1. The average Bonchev–Trinajstić information content (AvgIpc) is 2.96. The molecule has 4 heteroatoms. The summed E-state index contributed by atoms with van der Waals surface area (Å²) in [6.45, 7) is 7.05. The molecule has 0 unspecified atom stereocenters. The molecule has 1 aliphatic rings. The summed E-state index contributed by atoms with van der Waals surface area (Å²) in [6.07, 6.45) is 2.96. The Morgan fingerprint density at radius 2 is 2.04 bits per heavy atom. The molecule has 4 nitrogen and oxygen atoms in total. The van der Waals surface area contributed by atoms with E-state index >= 15 is 0 Å². The van der Waals surface area contributed by atoms with Crippen LogP contribution in [0.3, 0.4) is 0 Å². The van der Waals surface area contributed by atoms with Crippen molar-refractivity contribution in [3.63, 3.8) is 0 Å². The predicted molar refractivity (Wildman–Crippen MR) is 95.7 cm³/mol. The minimum Gasteiger partial charge on any atom is -0.335 e. The van der Waals surface area contributed by atoms with E-state index in [4.69, 9.17) is 0 Å². The van der Waals surface area contributed by atoms with Crippen LogP contribution in [0.1, 0.15) is 30.9 Å². The largest absolute Gasteiger partial charge is 0.335 e. The van der Waals surface area contributed by atoms with Crippen molar-refractivity contribution in [1.82, 2.24) is 15.1 Å². The van der Waals surface area contributed by atoms with Crippen molar-refractivity contribution in [3.05, 3.63) is 35.4 Å². The van der Waals surface area contributed by atoms with Gasteiger partial charge in [-0.3, -0.25) is 0 Å². The number of urea groups is 1. The molecule has 0 radical (unpaired) electrons. The second-order valence-electron chi connectivity index (χ2n) is 7.11. The van der Waals surface area contributed by atoms with E-state index in [9.17, 15) is 4.79 Å². The molecule has 1 heterocycles. The SMILES string of the molecule is CC[C@H](Cc1ccc(C)cc1)NC(=O)N1CC[C@H](CN(C)C)C1. The summed E-state index contributed by atoms with van der Waals surface area (Å²) < 4.78 is 0. The standard InChI is InChI=1S/C19H31N3O/c1-5-18(12-16-8-6-15(2)7-9-16)20-19(23)22-11-10-17(14-22)13-21(3)4/h6-9,17-18H,5,10-14H2,1-4H3,(H,20,23)/t17-,18-/m1/s1. The van der Waals surface area contributed by atoms with Crippen molar-refractivity contribution in [1.29, 1.82) is 0 Å². The van der Waals surface area contributed by atoms with Gasteiger partial charge in [0.05, 0.1) is 0 Å². The molecule has 0 spiro atoms. The van der Waals surface area contributed by atoms with Crippen LogP contribution in [0.15, 0.2) is 24.3 Å². The van der Waals surface area contributed by atoms with Crippen molar-refractivity contribution in [2.45, 2.75) is 39.2 Å². The summed E-state index contributed by atoms with van der Waals surface area (Å²) >= 11 is 0. The minimum atomic E-state index is 0.102. The van der Waals surface area contributed by atoms with E-state index in [1.807, 2.05) is 4.90 Å². The normalized spacial score (nSPS) is 19.2. The fraction of sp³-hybridized carbons (Fsp3) is 0.632. The fourth-order valence-electron chi connectivity index (χ4n) is 3.25. The Morgan fingerprint density at radius 3 is 2.65 bits per heavy atom. The molecule has 1 aliphatic heterocycles. The quantitative estimate of drug-likeness (QED) is 0.875. The highest BCUT2D eigenvalue weighted by Crippen LogP contribution is 2.17. The Bertz CT molecular complexity index is 498. The topological polar surface area (TPSA) is 35.6 Å². The van der Waals surface area contributed by atoms with E-state index in [0.717, 1.165) is 38.9 Å². The first-order valence-corrected chi connectivity index (χ1v) is 8.73. The number of hydrogen-bond acceptors (Lipinski definition) is 2. The second-order valence-corrected chi connectivity index (χ2v) is 7.11. The van der Waals surface area contributed by atoms with Crippen LogP contribution in [0.2, 0.25) is 0 Å². The minimum absolute atomic E-state index is 0.102. The lowest BCUT2D eigenvalue weighted by molar-refractivity contribution is 0.200. The van der Waals surface area contributed by atoms with E-state index in [0.29, 0.717) is 5.92 Å². The maximum absolute atomic E-state index is 12.5. The monoisotopic (exact) mass is 317 g/mol. The zero-order valence-corrected chi connectivity index (χ0v) is 15.0. The first-order valence-electron chi connectivity index (χ1n) is 8.73. The highest BCUT2D eigenvalue weighted by atomic mass is 16.2. The first kappa shape index (κ1) is 17.8. The van der Waals surface area contributed by atoms with Crippen LogP contribution in [0.25, 0.3) is 0 Å². The zero-order chi connectivity index (χ0) is 16.8. The van der Waals surface area contributed by atoms with Crippen LogP contribution in [-0.2, 0) is 6.42 Å². The van der Waals surface area contributed by atoms with E-state index in [2.05, 4.69) is 62.4 Å². The third kappa shape index (κ3) is 5.54. The molecule has 1 saturated heterocycles. The molecule has 0 saturated carbocycles. The van der Waals surface area contributed by atoms with E-state index in [1.165, 1.54) is 11.1 Å². The van der Waals surface area contributed by atoms with Crippen molar-refractivity contribution in [2.75, 3.05) is 33.7 Å². The Morgan fingerprint density at radius 1 is 1.35 bits per heavy atom. The van der Waals surface area contributed by atoms with Gasteiger partial charge in [-0.15, -0.1) is 0 Å². The number of aryl methyl sites for hydroxylation is 1. The molecule has 2 amide bonds. The number of nitrogens with one attached hydrogen (secondary N) is 1. The van der Waals surface area contributed by atoms with Crippen LogP contribution in [0.5, 0.6) is 0 Å². The van der Waals surface area contributed by atoms with Gasteiger partial charge in [0.15, 0.2) is 0 Å².